The summed E-state index contributed by atoms with van der Waals surface area (Å²) in [5.41, 5.74) is 1.34. The maximum atomic E-state index is 12.9. The molecule has 0 unspecified atom stereocenters. The minimum absolute atomic E-state index is 0.113. The number of ether oxygens (including phenoxy) is 2. The lowest BCUT2D eigenvalue weighted by Crippen LogP contribution is -2.21. The summed E-state index contributed by atoms with van der Waals surface area (Å²) in [7, 11) is 3.08. The van der Waals surface area contributed by atoms with Gasteiger partial charge in [0.1, 0.15) is 11.3 Å². The summed E-state index contributed by atoms with van der Waals surface area (Å²) in [6.07, 6.45) is 1.61. The molecule has 0 saturated heterocycles. The van der Waals surface area contributed by atoms with Gasteiger partial charge in [-0.25, -0.2) is 9.98 Å². The highest BCUT2D eigenvalue weighted by atomic mass is 35.5. The first kappa shape index (κ1) is 19.9. The van der Waals surface area contributed by atoms with Crippen molar-refractivity contribution < 1.29 is 18.7 Å². The third kappa shape index (κ3) is 4.00. The average Bonchev–Trinajstić information content (AvgIpc) is 3.26. The lowest BCUT2D eigenvalue weighted by Gasteiger charge is -2.08. The topological polar surface area (TPSA) is 86.0 Å². The molecule has 0 aliphatic heterocycles. The zero-order valence-electron chi connectivity index (χ0n) is 16.0. The van der Waals surface area contributed by atoms with Crippen LogP contribution in [-0.4, -0.2) is 25.1 Å². The van der Waals surface area contributed by atoms with Crippen molar-refractivity contribution in [2.45, 2.75) is 0 Å². The Morgan fingerprint density at radius 3 is 2.70 bits per heavy atom. The zero-order chi connectivity index (χ0) is 21.1. The Morgan fingerprint density at radius 2 is 2.00 bits per heavy atom. The maximum Gasteiger partial charge on any atom is 0.262 e. The summed E-state index contributed by atoms with van der Waals surface area (Å²) in [6.45, 7) is 0. The maximum absolute atomic E-state index is 12.9. The lowest BCUT2D eigenvalue weighted by atomic mass is 10.1. The van der Waals surface area contributed by atoms with Crippen molar-refractivity contribution in [3.05, 3.63) is 70.2 Å². The van der Waals surface area contributed by atoms with E-state index in [1.54, 1.807) is 49.0 Å². The number of para-hydroxylation sites is 1. The Morgan fingerprint density at radius 1 is 1.17 bits per heavy atom. The van der Waals surface area contributed by atoms with Crippen LogP contribution in [0.5, 0.6) is 11.5 Å². The second-order valence-electron chi connectivity index (χ2n) is 6.07. The monoisotopic (exact) mass is 441 g/mol. The minimum Gasteiger partial charge on any atom is -0.495 e. The predicted octanol–water partition coefficient (Wildman–Crippen LogP) is 5.04. The molecular weight excluding hydrogens is 426 g/mol. The minimum atomic E-state index is -0.392. The van der Waals surface area contributed by atoms with Crippen LogP contribution in [0, 0.1) is 0 Å². The van der Waals surface area contributed by atoms with Gasteiger partial charge in [0.15, 0.2) is 16.5 Å². The number of rotatable bonds is 5. The molecular formula is C21H16ClN3O4S. The van der Waals surface area contributed by atoms with Gasteiger partial charge in [-0.05, 0) is 30.3 Å². The van der Waals surface area contributed by atoms with Crippen molar-refractivity contribution >= 4 is 50.6 Å². The molecule has 1 N–H and O–H groups in total. The Hall–Kier alpha value is -3.36. The number of anilines is 1. The first-order chi connectivity index (χ1) is 14.6. The van der Waals surface area contributed by atoms with Gasteiger partial charge >= 0.3 is 0 Å². The molecule has 4 rings (SSSR count). The molecule has 0 aliphatic carbocycles. The fraction of sp³-hybridized carbons (Fsp3) is 0.0952. The lowest BCUT2D eigenvalue weighted by molar-refractivity contribution is 0.102. The standard InChI is InChI=1S/C21H16ClN3O4S/c1-27-16-7-6-13(11-15(16)22)24-20-14(19(26)25-21-23-8-9-30-21)10-12-4-3-5-17(28-2)18(12)29-20/h3-11H,1-2H3,(H,23,25,26). The van der Waals surface area contributed by atoms with Crippen LogP contribution in [0.25, 0.3) is 11.0 Å². The quantitative estimate of drug-likeness (QED) is 0.468. The number of carbonyl (C=O) groups is 1. The smallest absolute Gasteiger partial charge is 0.262 e. The fourth-order valence-electron chi connectivity index (χ4n) is 2.82. The Labute approximate surface area is 180 Å². The third-order valence-corrected chi connectivity index (χ3v) is 5.21. The molecule has 0 fully saturated rings. The van der Waals surface area contributed by atoms with E-state index in [1.165, 1.54) is 18.4 Å². The summed E-state index contributed by atoms with van der Waals surface area (Å²) in [5.74, 6) is 0.662. The van der Waals surface area contributed by atoms with E-state index in [-0.39, 0.29) is 11.1 Å². The Bertz CT molecular complexity index is 1290. The number of aromatic nitrogens is 1. The molecule has 152 valence electrons. The van der Waals surface area contributed by atoms with Crippen LogP contribution in [0.2, 0.25) is 5.02 Å². The van der Waals surface area contributed by atoms with Gasteiger partial charge in [-0.3, -0.25) is 10.1 Å². The van der Waals surface area contributed by atoms with E-state index in [0.29, 0.717) is 38.3 Å². The molecule has 1 amide bonds. The molecule has 0 aliphatic rings. The van der Waals surface area contributed by atoms with Gasteiger partial charge in [0, 0.05) is 17.0 Å². The molecule has 4 aromatic rings. The van der Waals surface area contributed by atoms with Crippen LogP contribution in [0.3, 0.4) is 0 Å². The number of hydrogen-bond donors (Lipinski definition) is 1. The molecule has 2 aromatic heterocycles. The van der Waals surface area contributed by atoms with Crippen molar-refractivity contribution in [1.82, 2.24) is 4.98 Å². The van der Waals surface area contributed by atoms with E-state index in [9.17, 15) is 4.79 Å². The summed E-state index contributed by atoms with van der Waals surface area (Å²) in [5, 5.41) is 6.10. The van der Waals surface area contributed by atoms with Gasteiger partial charge in [0.05, 0.1) is 24.9 Å². The second kappa shape index (κ2) is 8.56. The highest BCUT2D eigenvalue weighted by molar-refractivity contribution is 7.13. The van der Waals surface area contributed by atoms with Crippen LogP contribution < -0.4 is 20.3 Å². The fourth-order valence-corrected chi connectivity index (χ4v) is 3.60. The first-order valence-electron chi connectivity index (χ1n) is 8.79. The van der Waals surface area contributed by atoms with E-state index >= 15 is 0 Å². The highest BCUT2D eigenvalue weighted by Gasteiger charge is 2.16. The third-order valence-electron chi connectivity index (χ3n) is 4.22. The predicted molar refractivity (Wildman–Crippen MR) is 116 cm³/mol. The normalized spacial score (nSPS) is 11.5. The number of methoxy groups -OCH3 is 2. The van der Waals surface area contributed by atoms with Crippen LogP contribution in [0.4, 0.5) is 10.8 Å². The Kier molecular flexibility index (Phi) is 5.69. The summed E-state index contributed by atoms with van der Waals surface area (Å²) in [4.78, 5) is 21.5. The van der Waals surface area contributed by atoms with Gasteiger partial charge < -0.3 is 13.9 Å². The molecule has 30 heavy (non-hydrogen) atoms. The van der Waals surface area contributed by atoms with E-state index in [0.717, 1.165) is 0 Å². The highest BCUT2D eigenvalue weighted by Crippen LogP contribution is 2.29. The molecule has 7 nitrogen and oxygen atoms in total. The van der Waals surface area contributed by atoms with Crippen molar-refractivity contribution in [1.29, 1.82) is 0 Å². The SMILES string of the molecule is COc1ccc(N=c2oc3c(OC)cccc3cc2C(=O)Nc2nccs2)cc1Cl. The number of carbonyl (C=O) groups excluding carboxylic acids is 1. The van der Waals surface area contributed by atoms with Gasteiger partial charge in [0.2, 0.25) is 5.55 Å². The number of amides is 1. The Balaban J connectivity index is 1.90. The van der Waals surface area contributed by atoms with E-state index < -0.39 is 5.91 Å². The van der Waals surface area contributed by atoms with Crippen molar-refractivity contribution in [3.8, 4) is 11.5 Å². The number of thiazole rings is 1. The van der Waals surface area contributed by atoms with Crippen LogP contribution in [0.15, 0.2) is 63.5 Å². The molecule has 0 radical (unpaired) electrons. The van der Waals surface area contributed by atoms with Gasteiger partial charge in [0.25, 0.3) is 5.91 Å². The molecule has 2 aromatic carbocycles. The van der Waals surface area contributed by atoms with E-state index in [2.05, 4.69) is 15.3 Å². The summed E-state index contributed by atoms with van der Waals surface area (Å²) in [6, 6.07) is 12.2. The molecule has 0 atom stereocenters. The number of benzene rings is 2. The first-order valence-corrected chi connectivity index (χ1v) is 10.0. The summed E-state index contributed by atoms with van der Waals surface area (Å²) < 4.78 is 16.6. The van der Waals surface area contributed by atoms with Crippen LogP contribution >= 0.6 is 22.9 Å². The number of halogens is 1. The average molecular weight is 442 g/mol. The summed E-state index contributed by atoms with van der Waals surface area (Å²) >= 11 is 7.53. The molecule has 0 bridgehead atoms. The van der Waals surface area contributed by atoms with Gasteiger partial charge in [-0.15, -0.1) is 11.3 Å². The van der Waals surface area contributed by atoms with Crippen LogP contribution in [0.1, 0.15) is 10.4 Å². The van der Waals surface area contributed by atoms with Crippen molar-refractivity contribution in [2.24, 2.45) is 4.99 Å². The molecule has 0 spiro atoms. The molecule has 2 heterocycles. The largest absolute Gasteiger partial charge is 0.495 e. The van der Waals surface area contributed by atoms with E-state index in [1.807, 2.05) is 12.1 Å². The second-order valence-corrected chi connectivity index (χ2v) is 7.37. The zero-order valence-corrected chi connectivity index (χ0v) is 17.6. The number of fused-ring (bicyclic) bond motifs is 1. The number of hydrogen-bond acceptors (Lipinski definition) is 7. The van der Waals surface area contributed by atoms with Crippen molar-refractivity contribution in [3.63, 3.8) is 0 Å². The number of nitrogens with one attached hydrogen (secondary N) is 1. The van der Waals surface area contributed by atoms with Crippen LogP contribution in [-0.2, 0) is 0 Å². The molecule has 9 heteroatoms. The van der Waals surface area contributed by atoms with Gasteiger partial charge in [-0.2, -0.15) is 0 Å². The molecule has 0 saturated carbocycles. The van der Waals surface area contributed by atoms with Gasteiger partial charge in [-0.1, -0.05) is 23.7 Å². The number of nitrogens with zero attached hydrogens (tertiary/aromatic N) is 2. The van der Waals surface area contributed by atoms with E-state index in [4.69, 9.17) is 25.5 Å². The van der Waals surface area contributed by atoms with Crippen molar-refractivity contribution in [2.75, 3.05) is 19.5 Å².